The van der Waals surface area contributed by atoms with Crippen molar-refractivity contribution in [1.82, 2.24) is 0 Å². The minimum Gasteiger partial charge on any atom is -0.494 e. The minimum absolute atomic E-state index is 0.0785. The maximum Gasteiger partial charge on any atom is 0.389 e. The van der Waals surface area contributed by atoms with Crippen molar-refractivity contribution in [3.63, 3.8) is 0 Å². The van der Waals surface area contributed by atoms with Crippen molar-refractivity contribution in [3.8, 4) is 5.75 Å². The average molecular weight is 275 g/mol. The Bertz CT molecular complexity index is 379. The van der Waals surface area contributed by atoms with Crippen LogP contribution in [-0.2, 0) is 0 Å². The summed E-state index contributed by atoms with van der Waals surface area (Å²) >= 11 is 0. The summed E-state index contributed by atoms with van der Waals surface area (Å²) in [7, 11) is 0. The molecule has 2 N–H and O–H groups in total. The van der Waals surface area contributed by atoms with Gasteiger partial charge in [0.25, 0.3) is 0 Å². The van der Waals surface area contributed by atoms with Gasteiger partial charge in [-0.15, -0.1) is 0 Å². The van der Waals surface area contributed by atoms with E-state index in [1.807, 2.05) is 31.2 Å². The van der Waals surface area contributed by atoms with Crippen LogP contribution in [0.2, 0.25) is 0 Å². The third-order valence-corrected chi connectivity index (χ3v) is 2.78. The summed E-state index contributed by atoms with van der Waals surface area (Å²) in [5.74, 6) is 0.766. The van der Waals surface area contributed by atoms with Crippen LogP contribution in [0.1, 0.15) is 31.2 Å². The number of rotatable bonds is 7. The molecule has 0 aliphatic carbocycles. The van der Waals surface area contributed by atoms with E-state index in [4.69, 9.17) is 10.5 Å². The molecule has 108 valence electrons. The summed E-state index contributed by atoms with van der Waals surface area (Å²) in [4.78, 5) is 0. The van der Waals surface area contributed by atoms with Crippen molar-refractivity contribution < 1.29 is 17.9 Å². The molecule has 0 bridgehead atoms. The highest BCUT2D eigenvalue weighted by Crippen LogP contribution is 2.22. The standard InChI is InChI=1S/C14H20F3NO/c1-11-4-2-6-13(10-11)19-9-7-12(18)5-3-8-14(15,16)17/h2,4,6,10,12H,3,5,7-9,18H2,1H3. The normalized spacial score (nSPS) is 13.3. The fourth-order valence-corrected chi connectivity index (χ4v) is 1.74. The van der Waals surface area contributed by atoms with Crippen LogP contribution in [0.25, 0.3) is 0 Å². The topological polar surface area (TPSA) is 35.2 Å². The Hall–Kier alpha value is -1.23. The van der Waals surface area contributed by atoms with Crippen LogP contribution in [0.4, 0.5) is 13.2 Å². The Kier molecular flexibility index (Phi) is 6.15. The van der Waals surface area contributed by atoms with Gasteiger partial charge in [0.2, 0.25) is 0 Å². The van der Waals surface area contributed by atoms with Gasteiger partial charge in [-0.3, -0.25) is 0 Å². The number of nitrogens with two attached hydrogens (primary N) is 1. The van der Waals surface area contributed by atoms with Crippen LogP contribution >= 0.6 is 0 Å². The van der Waals surface area contributed by atoms with E-state index in [-0.39, 0.29) is 12.5 Å². The van der Waals surface area contributed by atoms with Crippen LogP contribution in [0.15, 0.2) is 24.3 Å². The average Bonchev–Trinajstić information content (AvgIpc) is 2.27. The van der Waals surface area contributed by atoms with Gasteiger partial charge in [0.15, 0.2) is 0 Å². The molecule has 0 saturated heterocycles. The molecule has 1 unspecified atom stereocenters. The van der Waals surface area contributed by atoms with Gasteiger partial charge in [-0.1, -0.05) is 12.1 Å². The smallest absolute Gasteiger partial charge is 0.389 e. The highest BCUT2D eigenvalue weighted by molar-refractivity contribution is 5.27. The van der Waals surface area contributed by atoms with E-state index in [9.17, 15) is 13.2 Å². The zero-order valence-corrected chi connectivity index (χ0v) is 11.0. The highest BCUT2D eigenvalue weighted by atomic mass is 19.4. The lowest BCUT2D eigenvalue weighted by Crippen LogP contribution is -2.23. The predicted molar refractivity (Wildman–Crippen MR) is 69.2 cm³/mol. The van der Waals surface area contributed by atoms with E-state index in [1.165, 1.54) is 0 Å². The lowest BCUT2D eigenvalue weighted by atomic mass is 10.1. The van der Waals surface area contributed by atoms with Gasteiger partial charge < -0.3 is 10.5 Å². The summed E-state index contributed by atoms with van der Waals surface area (Å²) in [5, 5.41) is 0. The number of benzene rings is 1. The maximum absolute atomic E-state index is 12.0. The molecule has 1 rings (SSSR count). The van der Waals surface area contributed by atoms with Gasteiger partial charge in [0.1, 0.15) is 5.75 Å². The number of alkyl halides is 3. The fraction of sp³-hybridized carbons (Fsp3) is 0.571. The second-order valence-electron chi connectivity index (χ2n) is 4.72. The predicted octanol–water partition coefficient (Wildman–Crippen LogP) is 3.82. The molecule has 0 saturated carbocycles. The third kappa shape index (κ3) is 7.72. The summed E-state index contributed by atoms with van der Waals surface area (Å²) in [6.45, 7) is 2.40. The van der Waals surface area contributed by atoms with Gasteiger partial charge in [0, 0.05) is 12.5 Å². The Morgan fingerprint density at radius 1 is 1.26 bits per heavy atom. The number of hydrogen-bond donors (Lipinski definition) is 1. The van der Waals surface area contributed by atoms with E-state index >= 15 is 0 Å². The van der Waals surface area contributed by atoms with Gasteiger partial charge in [-0.25, -0.2) is 0 Å². The largest absolute Gasteiger partial charge is 0.494 e. The molecule has 1 aromatic rings. The van der Waals surface area contributed by atoms with Crippen LogP contribution in [-0.4, -0.2) is 18.8 Å². The van der Waals surface area contributed by atoms with Crippen molar-refractivity contribution in [1.29, 1.82) is 0 Å². The first kappa shape index (κ1) is 15.8. The van der Waals surface area contributed by atoms with Crippen molar-refractivity contribution in [3.05, 3.63) is 29.8 Å². The summed E-state index contributed by atoms with van der Waals surface area (Å²) in [6.07, 6.45) is -3.84. The molecule has 0 aromatic heterocycles. The molecule has 5 heteroatoms. The minimum atomic E-state index is -4.09. The molecule has 0 heterocycles. The molecular weight excluding hydrogens is 255 g/mol. The Morgan fingerprint density at radius 3 is 2.63 bits per heavy atom. The van der Waals surface area contributed by atoms with E-state index in [1.54, 1.807) is 0 Å². The first-order valence-electron chi connectivity index (χ1n) is 6.38. The molecule has 2 nitrogen and oxygen atoms in total. The summed E-state index contributed by atoms with van der Waals surface area (Å²) in [5.41, 5.74) is 6.85. The Labute approximate surface area is 111 Å². The number of aryl methyl sites for hydroxylation is 1. The second kappa shape index (κ2) is 7.38. The zero-order valence-electron chi connectivity index (χ0n) is 11.0. The lowest BCUT2D eigenvalue weighted by Gasteiger charge is -2.13. The molecule has 1 aromatic carbocycles. The van der Waals surface area contributed by atoms with Crippen molar-refractivity contribution in [2.24, 2.45) is 5.73 Å². The fourth-order valence-electron chi connectivity index (χ4n) is 1.74. The first-order chi connectivity index (χ1) is 8.87. The van der Waals surface area contributed by atoms with Crippen LogP contribution in [0, 0.1) is 6.92 Å². The molecule has 0 aliphatic rings. The maximum atomic E-state index is 12.0. The van der Waals surface area contributed by atoms with E-state index in [0.717, 1.165) is 11.3 Å². The van der Waals surface area contributed by atoms with Gasteiger partial charge in [-0.05, 0) is 43.9 Å². The van der Waals surface area contributed by atoms with Gasteiger partial charge in [-0.2, -0.15) is 13.2 Å². The van der Waals surface area contributed by atoms with Crippen molar-refractivity contribution >= 4 is 0 Å². The number of halogens is 3. The molecular formula is C14H20F3NO. The molecule has 0 aliphatic heterocycles. The summed E-state index contributed by atoms with van der Waals surface area (Å²) in [6, 6.07) is 7.38. The SMILES string of the molecule is Cc1cccc(OCCC(N)CCCC(F)(F)F)c1. The number of ether oxygens (including phenoxy) is 1. The monoisotopic (exact) mass is 275 g/mol. The van der Waals surface area contributed by atoms with Crippen molar-refractivity contribution in [2.45, 2.75) is 44.8 Å². The third-order valence-electron chi connectivity index (χ3n) is 2.78. The van der Waals surface area contributed by atoms with Crippen LogP contribution < -0.4 is 10.5 Å². The van der Waals surface area contributed by atoms with Crippen LogP contribution in [0.5, 0.6) is 5.75 Å². The van der Waals surface area contributed by atoms with Crippen LogP contribution in [0.3, 0.4) is 0 Å². The molecule has 0 fully saturated rings. The quantitative estimate of drug-likeness (QED) is 0.821. The Morgan fingerprint density at radius 2 is 2.00 bits per heavy atom. The molecule has 0 amide bonds. The van der Waals surface area contributed by atoms with E-state index in [2.05, 4.69) is 0 Å². The van der Waals surface area contributed by atoms with E-state index < -0.39 is 12.6 Å². The first-order valence-corrected chi connectivity index (χ1v) is 6.38. The highest BCUT2D eigenvalue weighted by Gasteiger charge is 2.26. The van der Waals surface area contributed by atoms with Crippen molar-refractivity contribution in [2.75, 3.05) is 6.61 Å². The molecule has 0 spiro atoms. The Balaban J connectivity index is 2.15. The summed E-state index contributed by atoms with van der Waals surface area (Å²) < 4.78 is 41.4. The van der Waals surface area contributed by atoms with Gasteiger partial charge in [0.05, 0.1) is 6.61 Å². The zero-order chi connectivity index (χ0) is 14.3. The van der Waals surface area contributed by atoms with Gasteiger partial charge >= 0.3 is 6.18 Å². The lowest BCUT2D eigenvalue weighted by molar-refractivity contribution is -0.135. The van der Waals surface area contributed by atoms with E-state index in [0.29, 0.717) is 19.4 Å². The molecule has 19 heavy (non-hydrogen) atoms. The molecule has 0 radical (unpaired) electrons. The number of hydrogen-bond acceptors (Lipinski definition) is 2. The molecule has 1 atom stereocenters. The second-order valence-corrected chi connectivity index (χ2v) is 4.72.